The van der Waals surface area contributed by atoms with E-state index in [0.717, 1.165) is 11.2 Å². The third-order valence-corrected chi connectivity index (χ3v) is 5.65. The second kappa shape index (κ2) is 7.02. The summed E-state index contributed by atoms with van der Waals surface area (Å²) in [6, 6.07) is 15.4. The number of anilines is 1. The molecule has 0 saturated carbocycles. The van der Waals surface area contributed by atoms with Gasteiger partial charge in [-0.3, -0.25) is 18.8 Å². The van der Waals surface area contributed by atoms with Gasteiger partial charge in [0.05, 0.1) is 5.69 Å². The number of carbonyl (C=O) groups is 3. The van der Waals surface area contributed by atoms with Crippen LogP contribution in [-0.4, -0.2) is 26.9 Å². The van der Waals surface area contributed by atoms with Gasteiger partial charge in [-0.2, -0.15) is 0 Å². The Morgan fingerprint density at radius 1 is 0.935 bits per heavy atom. The molecule has 0 bridgehead atoms. The summed E-state index contributed by atoms with van der Waals surface area (Å²) in [5.41, 5.74) is 4.78. The van der Waals surface area contributed by atoms with Gasteiger partial charge in [0.1, 0.15) is 11.3 Å². The van der Waals surface area contributed by atoms with Crippen molar-refractivity contribution in [1.82, 2.24) is 9.38 Å². The lowest BCUT2D eigenvalue weighted by Gasteiger charge is -2.18. The molecule has 1 aliphatic rings. The third kappa shape index (κ3) is 2.87. The maximum atomic E-state index is 13.2. The van der Waals surface area contributed by atoms with Crippen LogP contribution in [0.3, 0.4) is 0 Å². The van der Waals surface area contributed by atoms with Crippen molar-refractivity contribution < 1.29 is 14.4 Å². The van der Waals surface area contributed by atoms with Crippen molar-refractivity contribution in [3.8, 4) is 0 Å². The van der Waals surface area contributed by atoms with E-state index < -0.39 is 0 Å². The highest BCUT2D eigenvalue weighted by molar-refractivity contribution is 6.28. The van der Waals surface area contributed by atoms with Gasteiger partial charge in [0.25, 0.3) is 5.91 Å². The Bertz CT molecular complexity index is 1420. The Morgan fingerprint density at radius 2 is 1.61 bits per heavy atom. The van der Waals surface area contributed by atoms with Crippen LogP contribution in [0.5, 0.6) is 0 Å². The lowest BCUT2D eigenvalue weighted by molar-refractivity contribution is 0.0979. The van der Waals surface area contributed by atoms with Crippen molar-refractivity contribution in [1.29, 1.82) is 0 Å². The zero-order valence-corrected chi connectivity index (χ0v) is 17.1. The molecule has 152 valence electrons. The molecule has 1 amide bonds. The van der Waals surface area contributed by atoms with Gasteiger partial charge in [0.2, 0.25) is 0 Å². The number of imidazole rings is 1. The molecule has 1 aliphatic carbocycles. The van der Waals surface area contributed by atoms with Gasteiger partial charge in [-0.05, 0) is 43.2 Å². The summed E-state index contributed by atoms with van der Waals surface area (Å²) >= 11 is 0. The third-order valence-electron chi connectivity index (χ3n) is 5.65. The monoisotopic (exact) mass is 409 g/mol. The summed E-state index contributed by atoms with van der Waals surface area (Å²) in [4.78, 5) is 43.5. The predicted octanol–water partition coefficient (Wildman–Crippen LogP) is 4.23. The molecule has 0 radical (unpaired) electrons. The Balaban J connectivity index is 1.53. The number of amides is 1. The molecule has 6 nitrogen and oxygen atoms in total. The number of ketones is 2. The Kier molecular flexibility index (Phi) is 4.29. The van der Waals surface area contributed by atoms with E-state index in [4.69, 9.17) is 0 Å². The van der Waals surface area contributed by atoms with Crippen LogP contribution < -0.4 is 5.32 Å². The molecule has 2 heterocycles. The number of pyridine rings is 1. The number of nitrogens with one attached hydrogen (secondary N) is 1. The second-order valence-corrected chi connectivity index (χ2v) is 7.56. The molecule has 2 aromatic heterocycles. The molecule has 0 atom stereocenters. The average molecular weight is 409 g/mol. The van der Waals surface area contributed by atoms with Crippen molar-refractivity contribution in [2.24, 2.45) is 0 Å². The first-order valence-corrected chi connectivity index (χ1v) is 10.1. The van der Waals surface area contributed by atoms with Crippen LogP contribution in [0.4, 0.5) is 5.69 Å². The highest BCUT2D eigenvalue weighted by Gasteiger charge is 2.29. The van der Waals surface area contributed by atoms with Crippen molar-refractivity contribution in [2.45, 2.75) is 20.3 Å². The molecule has 0 fully saturated rings. The van der Waals surface area contributed by atoms with E-state index in [-0.39, 0.29) is 17.5 Å². The minimum absolute atomic E-state index is 0.186. The Hall–Kier alpha value is -4.06. The number of fused-ring (bicyclic) bond motifs is 3. The molecule has 0 spiro atoms. The van der Waals surface area contributed by atoms with Crippen molar-refractivity contribution in [2.75, 3.05) is 5.32 Å². The summed E-state index contributed by atoms with van der Waals surface area (Å²) in [7, 11) is 0. The van der Waals surface area contributed by atoms with Gasteiger partial charge in [-0.15, -0.1) is 0 Å². The highest BCUT2D eigenvalue weighted by atomic mass is 16.2. The summed E-state index contributed by atoms with van der Waals surface area (Å²) in [5.74, 6) is -0.723. The number of hydrogen-bond donors (Lipinski definition) is 1. The minimum Gasteiger partial charge on any atom is -0.321 e. The highest BCUT2D eigenvalue weighted by Crippen LogP contribution is 2.29. The van der Waals surface area contributed by atoms with Crippen LogP contribution in [0.2, 0.25) is 0 Å². The van der Waals surface area contributed by atoms with Gasteiger partial charge < -0.3 is 5.32 Å². The molecule has 31 heavy (non-hydrogen) atoms. The zero-order chi connectivity index (χ0) is 21.7. The molecule has 2 aromatic carbocycles. The Labute approximate surface area is 178 Å². The van der Waals surface area contributed by atoms with E-state index in [1.807, 2.05) is 32.2 Å². The summed E-state index contributed by atoms with van der Waals surface area (Å²) in [6.45, 7) is 3.90. The number of aryl methyl sites for hydroxylation is 2. The minimum atomic E-state index is -0.315. The van der Waals surface area contributed by atoms with Crippen molar-refractivity contribution in [3.05, 3.63) is 100.0 Å². The Morgan fingerprint density at radius 3 is 2.32 bits per heavy atom. The van der Waals surface area contributed by atoms with Crippen LogP contribution in [0.25, 0.3) is 5.65 Å². The molecule has 1 N–H and O–H groups in total. The van der Waals surface area contributed by atoms with Crippen LogP contribution in [0.15, 0.2) is 60.8 Å². The SMILES string of the molecule is CCc1nc2c(C)cccn2c1C(=O)Nc1ccc2c(c1)C(=O)c1ccccc1C2=O. The normalized spacial score (nSPS) is 12.6. The number of carbonyl (C=O) groups excluding carboxylic acids is 3. The fourth-order valence-electron chi connectivity index (χ4n) is 4.11. The quantitative estimate of drug-likeness (QED) is 0.483. The van der Waals surface area contributed by atoms with Gasteiger partial charge in [0.15, 0.2) is 11.6 Å². The van der Waals surface area contributed by atoms with Gasteiger partial charge >= 0.3 is 0 Å². The summed E-state index contributed by atoms with van der Waals surface area (Å²) in [5, 5.41) is 2.88. The molecular formula is C25H19N3O3. The van der Waals surface area contributed by atoms with E-state index in [0.29, 0.717) is 45.7 Å². The first kappa shape index (κ1) is 18.9. The molecule has 0 saturated heterocycles. The molecular weight excluding hydrogens is 390 g/mol. The molecule has 4 aromatic rings. The molecule has 5 rings (SSSR count). The maximum Gasteiger partial charge on any atom is 0.274 e. The van der Waals surface area contributed by atoms with E-state index in [1.54, 1.807) is 46.9 Å². The average Bonchev–Trinajstić information content (AvgIpc) is 3.18. The van der Waals surface area contributed by atoms with Gasteiger partial charge in [-0.25, -0.2) is 4.98 Å². The molecule has 0 aliphatic heterocycles. The van der Waals surface area contributed by atoms with E-state index in [1.165, 1.54) is 0 Å². The van der Waals surface area contributed by atoms with E-state index in [2.05, 4.69) is 10.3 Å². The van der Waals surface area contributed by atoms with E-state index >= 15 is 0 Å². The topological polar surface area (TPSA) is 80.5 Å². The van der Waals surface area contributed by atoms with Crippen LogP contribution in [0, 0.1) is 6.92 Å². The molecule has 6 heteroatoms. The molecule has 0 unspecified atom stereocenters. The number of rotatable bonds is 3. The van der Waals surface area contributed by atoms with Gasteiger partial charge in [0, 0.05) is 34.1 Å². The standard InChI is InChI=1S/C25H19N3O3/c1-3-20-21(28-12-6-7-14(2)24(28)27-20)25(31)26-15-10-11-18-19(13-15)23(30)17-9-5-4-8-16(17)22(18)29/h4-13H,3H2,1-2H3,(H,26,31). The summed E-state index contributed by atoms with van der Waals surface area (Å²) < 4.78 is 1.78. The van der Waals surface area contributed by atoms with Crippen LogP contribution in [-0.2, 0) is 6.42 Å². The fraction of sp³-hybridized carbons (Fsp3) is 0.120. The number of nitrogens with zero attached hydrogens (tertiary/aromatic N) is 2. The smallest absolute Gasteiger partial charge is 0.274 e. The van der Waals surface area contributed by atoms with E-state index in [9.17, 15) is 14.4 Å². The zero-order valence-electron chi connectivity index (χ0n) is 17.1. The number of benzene rings is 2. The lowest BCUT2D eigenvalue weighted by Crippen LogP contribution is -2.22. The number of hydrogen-bond acceptors (Lipinski definition) is 4. The predicted molar refractivity (Wildman–Crippen MR) is 117 cm³/mol. The fourth-order valence-corrected chi connectivity index (χ4v) is 4.11. The van der Waals surface area contributed by atoms with Crippen LogP contribution in [0.1, 0.15) is 60.5 Å². The first-order chi connectivity index (χ1) is 15.0. The largest absolute Gasteiger partial charge is 0.321 e. The van der Waals surface area contributed by atoms with Crippen molar-refractivity contribution >= 4 is 28.8 Å². The van der Waals surface area contributed by atoms with Gasteiger partial charge in [-0.1, -0.05) is 37.3 Å². The number of aromatic nitrogens is 2. The lowest BCUT2D eigenvalue weighted by atomic mass is 9.84. The first-order valence-electron chi connectivity index (χ1n) is 10.1. The van der Waals surface area contributed by atoms with Crippen LogP contribution >= 0.6 is 0 Å². The second-order valence-electron chi connectivity index (χ2n) is 7.56. The maximum absolute atomic E-state index is 13.2. The van der Waals surface area contributed by atoms with Crippen molar-refractivity contribution in [3.63, 3.8) is 0 Å². The summed E-state index contributed by atoms with van der Waals surface area (Å²) in [6.07, 6.45) is 2.42.